The van der Waals surface area contributed by atoms with Crippen molar-refractivity contribution >= 4 is 40.3 Å². The molecule has 0 aliphatic carbocycles. The van der Waals surface area contributed by atoms with Crippen LogP contribution >= 0.6 is 23.6 Å². The predicted molar refractivity (Wildman–Crippen MR) is 120 cm³/mol. The van der Waals surface area contributed by atoms with Gasteiger partial charge in [-0.05, 0) is 57.7 Å². The minimum atomic E-state index is -0.313. The van der Waals surface area contributed by atoms with Crippen LogP contribution in [0.15, 0.2) is 30.3 Å². The van der Waals surface area contributed by atoms with Crippen molar-refractivity contribution in [1.82, 2.24) is 9.80 Å². The van der Waals surface area contributed by atoms with E-state index in [0.29, 0.717) is 16.6 Å². The molecule has 1 aliphatic heterocycles. The summed E-state index contributed by atoms with van der Waals surface area (Å²) in [4.78, 5) is 18.6. The first-order valence-electron chi connectivity index (χ1n) is 9.60. The number of carbonyl (C=O) groups excluding carboxylic acids is 1. The van der Waals surface area contributed by atoms with Crippen LogP contribution < -0.4 is 5.32 Å². The second-order valence-corrected chi connectivity index (χ2v) is 8.45. The lowest BCUT2D eigenvalue weighted by Crippen LogP contribution is -2.37. The van der Waals surface area contributed by atoms with E-state index in [9.17, 15) is 4.79 Å². The Hall–Kier alpha value is -1.96. The van der Waals surface area contributed by atoms with E-state index >= 15 is 0 Å². The van der Waals surface area contributed by atoms with Crippen molar-refractivity contribution in [3.8, 4) is 10.4 Å². The zero-order valence-corrected chi connectivity index (χ0v) is 18.3. The van der Waals surface area contributed by atoms with Gasteiger partial charge in [-0.1, -0.05) is 29.8 Å². The maximum absolute atomic E-state index is 12.5. The monoisotopic (exact) mass is 417 g/mol. The first-order valence-corrected chi connectivity index (χ1v) is 10.8. The fourth-order valence-electron chi connectivity index (χ4n) is 3.14. The number of aryl methyl sites for hydroxylation is 1. The number of thiocarbonyl (C=S) groups is 1. The fraction of sp³-hybridized carbons (Fsp3) is 0.429. The van der Waals surface area contributed by atoms with Gasteiger partial charge in [0.15, 0.2) is 5.11 Å². The Balaban J connectivity index is 1.84. The Labute approximate surface area is 176 Å². The van der Waals surface area contributed by atoms with Crippen LogP contribution in [0.4, 0.5) is 5.69 Å². The number of rotatable bonds is 4. The van der Waals surface area contributed by atoms with Gasteiger partial charge in [-0.3, -0.25) is 0 Å². The molecule has 1 saturated heterocycles. The zero-order valence-electron chi connectivity index (χ0n) is 16.7. The molecule has 1 aliphatic rings. The minimum absolute atomic E-state index is 0.313. The number of carbonyl (C=O) groups is 1. The van der Waals surface area contributed by atoms with E-state index in [1.165, 1.54) is 16.9 Å². The van der Waals surface area contributed by atoms with Gasteiger partial charge in [0.2, 0.25) is 0 Å². The van der Waals surface area contributed by atoms with Gasteiger partial charge in [-0.15, -0.1) is 11.3 Å². The second kappa shape index (κ2) is 9.49. The van der Waals surface area contributed by atoms with E-state index in [1.807, 2.05) is 13.0 Å². The fourth-order valence-corrected chi connectivity index (χ4v) is 4.44. The summed E-state index contributed by atoms with van der Waals surface area (Å²) in [6.45, 7) is 8.07. The van der Waals surface area contributed by atoms with Crippen LogP contribution in [-0.2, 0) is 4.74 Å². The molecule has 7 heteroatoms. The molecule has 1 aromatic heterocycles. The molecule has 0 atom stereocenters. The second-order valence-electron chi connectivity index (χ2n) is 7.01. The van der Waals surface area contributed by atoms with E-state index in [4.69, 9.17) is 17.0 Å². The third-order valence-electron chi connectivity index (χ3n) is 4.78. The molecule has 1 fully saturated rings. The molecule has 28 heavy (non-hydrogen) atoms. The Morgan fingerprint density at radius 3 is 2.68 bits per heavy atom. The smallest absolute Gasteiger partial charge is 0.350 e. The summed E-state index contributed by atoms with van der Waals surface area (Å²) >= 11 is 7.09. The summed E-state index contributed by atoms with van der Waals surface area (Å²) in [7, 11) is 2.13. The third kappa shape index (κ3) is 5.10. The molecule has 2 heterocycles. The van der Waals surface area contributed by atoms with E-state index in [1.54, 1.807) is 0 Å². The number of thiophene rings is 1. The van der Waals surface area contributed by atoms with Gasteiger partial charge in [-0.2, -0.15) is 0 Å². The summed E-state index contributed by atoms with van der Waals surface area (Å²) in [5.74, 6) is -0.313. The normalized spacial score (nSPS) is 15.2. The highest BCUT2D eigenvalue weighted by molar-refractivity contribution is 7.80. The molecule has 150 valence electrons. The van der Waals surface area contributed by atoms with Gasteiger partial charge >= 0.3 is 5.97 Å². The topological polar surface area (TPSA) is 44.8 Å². The number of nitrogens with zero attached hydrogens (tertiary/aromatic N) is 2. The van der Waals surface area contributed by atoms with Crippen molar-refractivity contribution < 1.29 is 9.53 Å². The molecule has 1 aromatic carbocycles. The molecule has 3 rings (SSSR count). The number of ether oxygens (including phenoxy) is 1. The maximum Gasteiger partial charge on any atom is 0.350 e. The Morgan fingerprint density at radius 1 is 1.21 bits per heavy atom. The van der Waals surface area contributed by atoms with Crippen molar-refractivity contribution in [2.75, 3.05) is 45.2 Å². The number of likely N-dealkylation sites (N-methyl/N-ethyl adjacent to an activating group) is 1. The van der Waals surface area contributed by atoms with E-state index in [0.717, 1.165) is 48.7 Å². The molecular formula is C21H27N3O2S2. The van der Waals surface area contributed by atoms with Crippen molar-refractivity contribution in [2.45, 2.75) is 20.3 Å². The van der Waals surface area contributed by atoms with Crippen LogP contribution in [0.5, 0.6) is 0 Å². The summed E-state index contributed by atoms with van der Waals surface area (Å²) in [5, 5.41) is 3.97. The van der Waals surface area contributed by atoms with E-state index < -0.39 is 0 Å². The van der Waals surface area contributed by atoms with Gasteiger partial charge < -0.3 is 19.9 Å². The average Bonchev–Trinajstić information content (AvgIpc) is 2.96. The summed E-state index contributed by atoms with van der Waals surface area (Å²) < 4.78 is 5.27. The van der Waals surface area contributed by atoms with Gasteiger partial charge in [0.05, 0.1) is 12.3 Å². The Kier molecular flexibility index (Phi) is 7.04. The predicted octanol–water partition coefficient (Wildman–Crippen LogP) is 4.23. The van der Waals surface area contributed by atoms with Crippen LogP contribution in [0.3, 0.4) is 0 Å². The van der Waals surface area contributed by atoms with Crippen molar-refractivity contribution in [1.29, 1.82) is 0 Å². The lowest BCUT2D eigenvalue weighted by atomic mass is 10.1. The highest BCUT2D eigenvalue weighted by atomic mass is 32.1. The highest BCUT2D eigenvalue weighted by Gasteiger charge is 2.21. The molecule has 2 aromatic rings. The molecule has 1 N–H and O–H groups in total. The Bertz CT molecular complexity index is 833. The molecule has 0 unspecified atom stereocenters. The summed E-state index contributed by atoms with van der Waals surface area (Å²) in [6.07, 6.45) is 1.07. The van der Waals surface area contributed by atoms with E-state index in [-0.39, 0.29) is 5.97 Å². The number of hydrogen-bond acceptors (Lipinski definition) is 5. The molecule has 0 saturated carbocycles. The lowest BCUT2D eigenvalue weighted by molar-refractivity contribution is 0.0533. The van der Waals surface area contributed by atoms with Gasteiger partial charge in [0, 0.05) is 24.5 Å². The maximum atomic E-state index is 12.5. The first kappa shape index (κ1) is 20.8. The van der Waals surface area contributed by atoms with Gasteiger partial charge in [-0.25, -0.2) is 4.79 Å². The SMILES string of the molecule is CCOC(=O)c1sc(-c2ccc(C)cc2)cc1NC(=S)N1CCCN(C)CC1. The molecule has 0 amide bonds. The summed E-state index contributed by atoms with van der Waals surface area (Å²) in [6, 6.07) is 10.3. The van der Waals surface area contributed by atoms with Crippen LogP contribution in [0.25, 0.3) is 10.4 Å². The largest absolute Gasteiger partial charge is 0.462 e. The first-order chi connectivity index (χ1) is 13.5. The van der Waals surface area contributed by atoms with Crippen LogP contribution in [0, 0.1) is 6.92 Å². The number of nitrogens with one attached hydrogen (secondary N) is 1. The molecule has 0 bridgehead atoms. The summed E-state index contributed by atoms with van der Waals surface area (Å²) in [5.41, 5.74) is 3.01. The highest BCUT2D eigenvalue weighted by Crippen LogP contribution is 2.35. The molecule has 0 spiro atoms. The molecule has 0 radical (unpaired) electrons. The zero-order chi connectivity index (χ0) is 20.1. The average molecular weight is 418 g/mol. The molecular weight excluding hydrogens is 390 g/mol. The quantitative estimate of drug-likeness (QED) is 0.593. The van der Waals surface area contributed by atoms with Crippen molar-refractivity contribution in [2.24, 2.45) is 0 Å². The van der Waals surface area contributed by atoms with Crippen molar-refractivity contribution in [3.05, 3.63) is 40.8 Å². The van der Waals surface area contributed by atoms with Gasteiger partial charge in [0.1, 0.15) is 4.88 Å². The Morgan fingerprint density at radius 2 is 1.96 bits per heavy atom. The van der Waals surface area contributed by atoms with Crippen molar-refractivity contribution in [3.63, 3.8) is 0 Å². The standard InChI is InChI=1S/C21H27N3O2S2/c1-4-26-20(25)19-17(14-18(28-19)16-8-6-15(2)7-9-16)22-21(27)24-11-5-10-23(3)12-13-24/h6-9,14H,4-5,10-13H2,1-3H3,(H,22,27). The number of esters is 1. The van der Waals surface area contributed by atoms with Gasteiger partial charge in [0.25, 0.3) is 0 Å². The van der Waals surface area contributed by atoms with E-state index in [2.05, 4.69) is 53.4 Å². The van der Waals surface area contributed by atoms with Crippen LogP contribution in [0.1, 0.15) is 28.6 Å². The lowest BCUT2D eigenvalue weighted by Gasteiger charge is -2.24. The minimum Gasteiger partial charge on any atom is -0.462 e. The number of hydrogen-bond donors (Lipinski definition) is 1. The molecule has 5 nitrogen and oxygen atoms in total. The number of benzene rings is 1. The van der Waals surface area contributed by atoms with Crippen LogP contribution in [-0.4, -0.2) is 60.7 Å². The third-order valence-corrected chi connectivity index (χ3v) is 6.30. The number of anilines is 1. The van der Waals surface area contributed by atoms with Crippen LogP contribution in [0.2, 0.25) is 0 Å².